The van der Waals surface area contributed by atoms with E-state index in [1.165, 1.54) is 11.2 Å². The number of halogens is 1. The highest BCUT2D eigenvalue weighted by atomic mass is 35.7. The second-order valence-corrected chi connectivity index (χ2v) is 8.27. The van der Waals surface area contributed by atoms with Crippen molar-refractivity contribution in [2.24, 2.45) is 5.41 Å². The highest BCUT2D eigenvalue weighted by Gasteiger charge is 2.49. The molecule has 0 N–H and O–H groups in total. The van der Waals surface area contributed by atoms with Gasteiger partial charge in [0, 0.05) is 22.1 Å². The first-order chi connectivity index (χ1) is 7.18. The molecule has 1 aliphatic rings. The first-order valence-corrected chi connectivity index (χ1v) is 8.82. The second kappa shape index (κ2) is 5.35. The minimum atomic E-state index is -1.21. The largest absolute Gasteiger partial charge is 0.523 e. The Balaban J connectivity index is 2.93. The van der Waals surface area contributed by atoms with Crippen molar-refractivity contribution < 1.29 is 9.05 Å². The summed E-state index contributed by atoms with van der Waals surface area (Å²) >= 11 is 6.28. The molecule has 0 aromatic heterocycles. The van der Waals surface area contributed by atoms with Gasteiger partial charge in [-0.3, -0.25) is 0 Å². The summed E-state index contributed by atoms with van der Waals surface area (Å²) in [7, 11) is 4.75. The minimum absolute atomic E-state index is 0.0861. The number of rotatable bonds is 2. The van der Waals surface area contributed by atoms with E-state index in [0.29, 0.717) is 6.61 Å². The van der Waals surface area contributed by atoms with Gasteiger partial charge in [0.25, 0.3) is 0 Å². The molecule has 0 aliphatic carbocycles. The molecule has 2 atom stereocenters. The van der Waals surface area contributed by atoms with E-state index in [-0.39, 0.29) is 17.2 Å². The summed E-state index contributed by atoms with van der Waals surface area (Å²) in [5, 5.41) is 0. The van der Waals surface area contributed by atoms with Gasteiger partial charge in [0.2, 0.25) is 11.8 Å². The maximum absolute atomic E-state index is 5.96. The molecule has 0 radical (unpaired) electrons. The Hall–Kier alpha value is 1.04. The zero-order valence-corrected chi connectivity index (χ0v) is 13.5. The maximum Gasteiger partial charge on any atom is 0.523 e. The Morgan fingerprint density at radius 1 is 1.50 bits per heavy atom. The van der Waals surface area contributed by atoms with Crippen LogP contribution in [0.15, 0.2) is 0 Å². The molecular formula is C9H18ClNO2PS2+. The summed E-state index contributed by atoms with van der Waals surface area (Å²) in [6, 6.07) is 0. The van der Waals surface area contributed by atoms with E-state index in [9.17, 15) is 0 Å². The van der Waals surface area contributed by atoms with Crippen LogP contribution in [-0.2, 0) is 20.9 Å². The van der Waals surface area contributed by atoms with Gasteiger partial charge in [-0.25, -0.2) is 0 Å². The summed E-state index contributed by atoms with van der Waals surface area (Å²) in [4.78, 5) is 0. The van der Waals surface area contributed by atoms with Crippen LogP contribution in [0.2, 0.25) is 0 Å². The van der Waals surface area contributed by atoms with Crippen molar-refractivity contribution in [3.8, 4) is 0 Å². The molecule has 0 aromatic rings. The van der Waals surface area contributed by atoms with Crippen molar-refractivity contribution in [2.45, 2.75) is 46.4 Å². The van der Waals surface area contributed by atoms with Crippen LogP contribution in [0.4, 0.5) is 0 Å². The van der Waals surface area contributed by atoms with E-state index in [1.807, 2.05) is 4.31 Å². The predicted octanol–water partition coefficient (Wildman–Crippen LogP) is 4.06. The van der Waals surface area contributed by atoms with Gasteiger partial charge in [-0.2, -0.15) is 4.31 Å². The summed E-state index contributed by atoms with van der Waals surface area (Å²) in [6.45, 7) is 11.1. The molecule has 0 spiro atoms. The summed E-state index contributed by atoms with van der Waals surface area (Å²) in [6.07, 6.45) is -0.118. The topological polar surface area (TPSA) is 21.7 Å². The van der Waals surface area contributed by atoms with Crippen molar-refractivity contribution in [1.29, 1.82) is 0 Å². The van der Waals surface area contributed by atoms with E-state index < -0.39 is 7.15 Å². The summed E-state index contributed by atoms with van der Waals surface area (Å²) < 4.78 is 13.2. The van der Waals surface area contributed by atoms with E-state index in [2.05, 4.69) is 34.6 Å². The lowest BCUT2D eigenvalue weighted by atomic mass is 9.91. The molecule has 3 nitrogen and oxygen atoms in total. The molecule has 2 unspecified atom stereocenters. The summed E-state index contributed by atoms with van der Waals surface area (Å²) in [5.41, 5.74) is -0.204. The van der Waals surface area contributed by atoms with Gasteiger partial charge in [-0.15, -0.1) is 9.05 Å². The Bertz CT molecular complexity index is 283. The molecule has 0 saturated carbocycles. The lowest BCUT2D eigenvalue weighted by Gasteiger charge is -2.43. The van der Waals surface area contributed by atoms with Crippen LogP contribution < -0.4 is 0 Å². The predicted molar refractivity (Wildman–Crippen MR) is 73.9 cm³/mol. The monoisotopic (exact) mass is 302 g/mol. The number of nitrogens with zero attached hydrogens (tertiary/aromatic N) is 1. The third-order valence-corrected chi connectivity index (χ3v) is 4.97. The van der Waals surface area contributed by atoms with E-state index in [0.717, 1.165) is 0 Å². The third-order valence-electron chi connectivity index (χ3n) is 2.34. The minimum Gasteiger partial charge on any atom is -0.199 e. The van der Waals surface area contributed by atoms with Crippen molar-refractivity contribution in [2.75, 3.05) is 6.61 Å². The van der Waals surface area contributed by atoms with Gasteiger partial charge in [0.15, 0.2) is 6.23 Å². The molecule has 1 aliphatic heterocycles. The zero-order chi connectivity index (χ0) is 12.6. The van der Waals surface area contributed by atoms with Gasteiger partial charge in [0.1, 0.15) is 6.61 Å². The highest BCUT2D eigenvalue weighted by Crippen LogP contribution is 2.47. The molecular weight excluding hydrogens is 285 g/mol. The van der Waals surface area contributed by atoms with Gasteiger partial charge in [-0.05, 0) is 31.5 Å². The van der Waals surface area contributed by atoms with E-state index >= 15 is 0 Å². The lowest BCUT2D eigenvalue weighted by molar-refractivity contribution is -0.0824. The van der Waals surface area contributed by atoms with Crippen LogP contribution in [0.3, 0.4) is 0 Å². The average molecular weight is 303 g/mol. The molecule has 94 valence electrons. The quantitative estimate of drug-likeness (QED) is 0.565. The zero-order valence-electron chi connectivity index (χ0n) is 10.2. The fraction of sp³-hybridized carbons (Fsp3) is 1.00. The normalized spacial score (nSPS) is 28.4. The van der Waals surface area contributed by atoms with Gasteiger partial charge in [-0.1, -0.05) is 13.8 Å². The first kappa shape index (κ1) is 15.1. The van der Waals surface area contributed by atoms with Crippen molar-refractivity contribution in [3.05, 3.63) is 0 Å². The van der Waals surface area contributed by atoms with Gasteiger partial charge < -0.3 is 0 Å². The van der Waals surface area contributed by atoms with Crippen LogP contribution in [0.1, 0.15) is 34.6 Å². The van der Waals surface area contributed by atoms with Crippen LogP contribution in [0.5, 0.6) is 0 Å². The standard InChI is InChI=1S/C9H18ClNO2PS2/c1-8(2,3)11(16-10)7-9(4,5)6-12-14(15)13-7/h7H,6H2,1-5H3/q+1. The average Bonchev–Trinajstić information content (AvgIpc) is 2.10. The fourth-order valence-electron chi connectivity index (χ4n) is 1.40. The van der Waals surface area contributed by atoms with Crippen LogP contribution in [-0.4, -0.2) is 22.7 Å². The SMILES string of the molecule is CC1(C)CO[P+](=S)OC1N(SCl)C(C)(C)C. The molecule has 1 fully saturated rings. The van der Waals surface area contributed by atoms with Crippen molar-refractivity contribution in [3.63, 3.8) is 0 Å². The third kappa shape index (κ3) is 3.52. The Labute approximate surface area is 112 Å². The molecule has 1 heterocycles. The Morgan fingerprint density at radius 3 is 2.50 bits per heavy atom. The fourth-order valence-corrected chi connectivity index (χ4v) is 4.35. The number of hydrogen-bond acceptors (Lipinski definition) is 5. The molecule has 16 heavy (non-hydrogen) atoms. The molecule has 0 amide bonds. The number of hydrogen-bond donors (Lipinski definition) is 0. The van der Waals surface area contributed by atoms with Crippen LogP contribution in [0.25, 0.3) is 0 Å². The second-order valence-electron chi connectivity index (χ2n) is 5.51. The maximum atomic E-state index is 5.96. The Kier molecular flexibility index (Phi) is 5.05. The highest BCUT2D eigenvalue weighted by molar-refractivity contribution is 8.19. The molecule has 0 bridgehead atoms. The smallest absolute Gasteiger partial charge is 0.199 e. The van der Waals surface area contributed by atoms with Gasteiger partial charge >= 0.3 is 7.15 Å². The van der Waals surface area contributed by atoms with E-state index in [1.54, 1.807) is 0 Å². The summed E-state index contributed by atoms with van der Waals surface area (Å²) in [5.74, 6) is 0. The van der Waals surface area contributed by atoms with Crippen molar-refractivity contribution >= 4 is 40.8 Å². The molecule has 7 heteroatoms. The first-order valence-electron chi connectivity index (χ1n) is 5.03. The van der Waals surface area contributed by atoms with Gasteiger partial charge in [0.05, 0.1) is 0 Å². The van der Waals surface area contributed by atoms with Crippen LogP contribution >= 0.6 is 29.0 Å². The van der Waals surface area contributed by atoms with E-state index in [4.69, 9.17) is 31.5 Å². The van der Waals surface area contributed by atoms with Crippen molar-refractivity contribution in [1.82, 2.24) is 4.31 Å². The molecule has 0 aromatic carbocycles. The Morgan fingerprint density at radius 2 is 2.06 bits per heavy atom. The molecule has 1 rings (SSSR count). The molecule has 1 saturated heterocycles. The lowest BCUT2D eigenvalue weighted by Crippen LogP contribution is -2.53. The van der Waals surface area contributed by atoms with Crippen LogP contribution in [0, 0.1) is 5.41 Å².